The summed E-state index contributed by atoms with van der Waals surface area (Å²) in [5.41, 5.74) is -1.20. The normalized spacial score (nSPS) is 31.7. The molecule has 3 heterocycles. The zero-order valence-corrected chi connectivity index (χ0v) is 18.5. The number of hydrogen-bond donors (Lipinski definition) is 1. The van der Waals surface area contributed by atoms with Gasteiger partial charge in [-0.05, 0) is 23.3 Å². The first-order valence-corrected chi connectivity index (χ1v) is 10.9. The maximum absolute atomic E-state index is 12.6. The second kappa shape index (κ2) is 6.70. The van der Waals surface area contributed by atoms with Gasteiger partial charge in [0.2, 0.25) is 0 Å². The van der Waals surface area contributed by atoms with Gasteiger partial charge in [-0.3, -0.25) is 4.98 Å². The number of benzene rings is 2. The Labute approximate surface area is 192 Å². The number of aliphatic hydroxyl groups is 1. The van der Waals surface area contributed by atoms with Crippen molar-refractivity contribution in [3.63, 3.8) is 0 Å². The van der Waals surface area contributed by atoms with E-state index in [0.29, 0.717) is 22.6 Å². The molecule has 0 amide bonds. The van der Waals surface area contributed by atoms with E-state index in [4.69, 9.17) is 18.9 Å². The molecule has 7 nitrogen and oxygen atoms in total. The van der Waals surface area contributed by atoms with Gasteiger partial charge in [0.15, 0.2) is 23.4 Å². The third-order valence-electron chi connectivity index (χ3n) is 6.68. The van der Waals surface area contributed by atoms with Crippen LogP contribution in [0, 0.1) is 0 Å². The van der Waals surface area contributed by atoms with Crippen LogP contribution < -0.4 is 9.47 Å². The van der Waals surface area contributed by atoms with Gasteiger partial charge in [-0.1, -0.05) is 58.4 Å². The Morgan fingerprint density at radius 1 is 1.06 bits per heavy atom. The van der Waals surface area contributed by atoms with Crippen LogP contribution in [0.3, 0.4) is 0 Å². The van der Waals surface area contributed by atoms with Crippen LogP contribution in [-0.2, 0) is 20.7 Å². The minimum Gasteiger partial charge on any atom is -0.495 e. The number of pyridine rings is 1. The summed E-state index contributed by atoms with van der Waals surface area (Å²) < 4.78 is 24.3. The van der Waals surface area contributed by atoms with Crippen LogP contribution >= 0.6 is 15.9 Å². The van der Waals surface area contributed by atoms with E-state index in [2.05, 4.69) is 20.9 Å². The van der Waals surface area contributed by atoms with Gasteiger partial charge in [-0.2, -0.15) is 0 Å². The van der Waals surface area contributed by atoms with E-state index in [9.17, 15) is 9.90 Å². The largest absolute Gasteiger partial charge is 0.509 e. The molecule has 1 saturated carbocycles. The summed E-state index contributed by atoms with van der Waals surface area (Å²) in [6.07, 6.45) is 0.454. The Kier molecular flexibility index (Phi) is 4.10. The fourth-order valence-electron chi connectivity index (χ4n) is 5.53. The highest BCUT2D eigenvalue weighted by Gasteiger charge is 2.81. The lowest BCUT2D eigenvalue weighted by Crippen LogP contribution is -2.52. The van der Waals surface area contributed by atoms with E-state index in [1.54, 1.807) is 6.20 Å². The fourth-order valence-corrected chi connectivity index (χ4v) is 5.80. The Balaban J connectivity index is 1.70. The van der Waals surface area contributed by atoms with E-state index >= 15 is 0 Å². The number of ether oxygens (including phenoxy) is 4. The molecule has 8 heteroatoms. The van der Waals surface area contributed by atoms with Crippen molar-refractivity contribution in [1.29, 1.82) is 0 Å². The summed E-state index contributed by atoms with van der Waals surface area (Å²) in [5, 5.41) is 12.6. The van der Waals surface area contributed by atoms with Crippen LogP contribution in [0.1, 0.15) is 22.6 Å². The van der Waals surface area contributed by atoms with Gasteiger partial charge in [0, 0.05) is 4.47 Å². The fraction of sp³-hybridized carbons (Fsp3) is 0.250. The van der Waals surface area contributed by atoms with Gasteiger partial charge in [-0.25, -0.2) is 4.79 Å². The van der Waals surface area contributed by atoms with Gasteiger partial charge in [-0.15, -0.1) is 0 Å². The zero-order chi connectivity index (χ0) is 22.1. The highest BCUT2D eigenvalue weighted by molar-refractivity contribution is 9.10. The second-order valence-corrected chi connectivity index (χ2v) is 9.00. The van der Waals surface area contributed by atoms with Gasteiger partial charge < -0.3 is 24.1 Å². The number of methoxy groups -OCH3 is 1. The van der Waals surface area contributed by atoms with E-state index in [1.807, 2.05) is 54.6 Å². The van der Waals surface area contributed by atoms with E-state index in [1.165, 1.54) is 13.3 Å². The van der Waals surface area contributed by atoms with Gasteiger partial charge >= 0.3 is 6.16 Å². The van der Waals surface area contributed by atoms with Gasteiger partial charge in [0.05, 0.1) is 31.0 Å². The summed E-state index contributed by atoms with van der Waals surface area (Å²) in [7, 11) is 1.50. The standard InChI is InChI=1S/C24H18BrNO6/c1-29-16-11-26-12-17-19(16)23(28)21-20(30-22(27)31-21)18(13-5-3-2-4-6-13)24(23,32-17)14-7-9-15(25)10-8-14/h2-12,18,20-21,28H,1H3/t18-,20-,21-,23+,24+/m1/s1. The Hall–Kier alpha value is -3.10. The molecule has 1 N–H and O–H groups in total. The second-order valence-electron chi connectivity index (χ2n) is 8.09. The first kappa shape index (κ1) is 19.6. The summed E-state index contributed by atoms with van der Waals surface area (Å²) in [4.78, 5) is 16.5. The number of nitrogens with zero attached hydrogens (tertiary/aromatic N) is 1. The monoisotopic (exact) mass is 495 g/mol. The molecule has 2 fully saturated rings. The smallest absolute Gasteiger partial charge is 0.495 e. The molecule has 0 unspecified atom stereocenters. The number of carbonyl (C=O) groups excluding carboxylic acids is 1. The van der Waals surface area contributed by atoms with Crippen LogP contribution in [0.15, 0.2) is 71.5 Å². The molecule has 1 aliphatic carbocycles. The predicted octanol–water partition coefficient (Wildman–Crippen LogP) is 4.03. The Morgan fingerprint density at radius 3 is 2.53 bits per heavy atom. The molecule has 0 radical (unpaired) electrons. The van der Waals surface area contributed by atoms with Crippen LogP contribution in [0.4, 0.5) is 4.79 Å². The van der Waals surface area contributed by atoms with Crippen molar-refractivity contribution < 1.29 is 28.8 Å². The minimum absolute atomic E-state index is 0.347. The molecule has 162 valence electrons. The lowest BCUT2D eigenvalue weighted by Gasteiger charge is -2.40. The highest BCUT2D eigenvalue weighted by Crippen LogP contribution is 2.70. The lowest BCUT2D eigenvalue weighted by molar-refractivity contribution is -0.148. The van der Waals surface area contributed by atoms with E-state index in [-0.39, 0.29) is 0 Å². The molecule has 32 heavy (non-hydrogen) atoms. The van der Waals surface area contributed by atoms with Gasteiger partial charge in [0.1, 0.15) is 11.5 Å². The average molecular weight is 496 g/mol. The third kappa shape index (κ3) is 2.28. The summed E-state index contributed by atoms with van der Waals surface area (Å²) in [6.45, 7) is 0. The van der Waals surface area contributed by atoms with Crippen LogP contribution in [-0.4, -0.2) is 35.6 Å². The number of hydrogen-bond acceptors (Lipinski definition) is 7. The third-order valence-corrected chi connectivity index (χ3v) is 7.21. The first-order chi connectivity index (χ1) is 15.5. The molecule has 0 bridgehead atoms. The van der Waals surface area contributed by atoms with Crippen molar-refractivity contribution in [3.8, 4) is 11.5 Å². The summed E-state index contributed by atoms with van der Waals surface area (Å²) in [6, 6.07) is 17.1. The maximum atomic E-state index is 12.6. The van der Waals surface area contributed by atoms with Crippen molar-refractivity contribution in [2.45, 2.75) is 29.3 Å². The lowest BCUT2D eigenvalue weighted by atomic mass is 9.71. The van der Waals surface area contributed by atoms with Gasteiger partial charge in [0.25, 0.3) is 0 Å². The van der Waals surface area contributed by atoms with Crippen molar-refractivity contribution >= 4 is 22.1 Å². The van der Waals surface area contributed by atoms with E-state index < -0.39 is 35.5 Å². The molecule has 5 atom stereocenters. The van der Waals surface area contributed by atoms with Crippen molar-refractivity contribution in [3.05, 3.63) is 88.2 Å². The topological polar surface area (TPSA) is 87.1 Å². The number of aromatic nitrogens is 1. The molecule has 3 aliphatic rings. The van der Waals surface area contributed by atoms with Crippen LogP contribution in [0.2, 0.25) is 0 Å². The number of carbonyl (C=O) groups is 1. The molecule has 6 rings (SSSR count). The molecule has 1 aromatic heterocycles. The molecule has 0 spiro atoms. The number of halogens is 1. The average Bonchev–Trinajstić information content (AvgIpc) is 3.37. The van der Waals surface area contributed by atoms with Crippen molar-refractivity contribution in [2.75, 3.05) is 7.11 Å². The Morgan fingerprint density at radius 2 is 1.81 bits per heavy atom. The van der Waals surface area contributed by atoms with Crippen LogP contribution in [0.25, 0.3) is 0 Å². The molecule has 1 saturated heterocycles. The maximum Gasteiger partial charge on any atom is 0.509 e. The molecule has 2 aliphatic heterocycles. The molecule has 2 aromatic carbocycles. The quantitative estimate of drug-likeness (QED) is 0.548. The number of fused-ring (bicyclic) bond motifs is 5. The predicted molar refractivity (Wildman–Crippen MR) is 115 cm³/mol. The van der Waals surface area contributed by atoms with Crippen LogP contribution in [0.5, 0.6) is 11.5 Å². The first-order valence-electron chi connectivity index (χ1n) is 10.1. The molecular weight excluding hydrogens is 478 g/mol. The SMILES string of the molecule is COc1cncc2c1[C@]1(O)[C@@H]3OC(=O)O[C@@H]3[C@@H](c3ccccc3)[C@]1(c1ccc(Br)cc1)O2. The molecular formula is C24H18BrNO6. The summed E-state index contributed by atoms with van der Waals surface area (Å²) in [5.74, 6) is 0.153. The zero-order valence-electron chi connectivity index (χ0n) is 16.9. The molecule has 3 aromatic rings. The van der Waals surface area contributed by atoms with Crippen molar-refractivity contribution in [1.82, 2.24) is 4.98 Å². The number of rotatable bonds is 3. The highest BCUT2D eigenvalue weighted by atomic mass is 79.9. The summed E-state index contributed by atoms with van der Waals surface area (Å²) >= 11 is 3.48. The van der Waals surface area contributed by atoms with E-state index in [0.717, 1.165) is 10.0 Å². The van der Waals surface area contributed by atoms with Crippen molar-refractivity contribution in [2.24, 2.45) is 0 Å². The minimum atomic E-state index is -1.79. The Bertz CT molecular complexity index is 1220.